The molecule has 1 aromatic rings. The van der Waals surface area contributed by atoms with Crippen molar-refractivity contribution in [2.45, 2.75) is 51.1 Å². The monoisotopic (exact) mass is 322 g/mol. The molecule has 1 aliphatic carbocycles. The Morgan fingerprint density at radius 1 is 1.32 bits per heavy atom. The van der Waals surface area contributed by atoms with Gasteiger partial charge in [0.2, 0.25) is 5.91 Å². The predicted molar refractivity (Wildman–Crippen MR) is 92.2 cm³/mol. The Morgan fingerprint density at radius 3 is 2.82 bits per heavy atom. The second-order valence-electron chi connectivity index (χ2n) is 5.58. The largest absolute Gasteiger partial charge is 0.356 e. The van der Waals surface area contributed by atoms with Crippen LogP contribution in [0.15, 0.2) is 22.5 Å². The quantitative estimate of drug-likeness (QED) is 0.556. The Labute approximate surface area is 136 Å². The van der Waals surface area contributed by atoms with E-state index >= 15 is 0 Å². The maximum atomic E-state index is 11.9. The average Bonchev–Trinajstić information content (AvgIpc) is 3.05. The first-order chi connectivity index (χ1) is 10.8. The van der Waals surface area contributed by atoms with Crippen LogP contribution in [0.1, 0.15) is 43.4 Å². The Kier molecular flexibility index (Phi) is 7.22. The molecule has 0 aliphatic heterocycles. The molecule has 6 heteroatoms. The summed E-state index contributed by atoms with van der Waals surface area (Å²) in [7, 11) is 1.74. The lowest BCUT2D eigenvalue weighted by Crippen LogP contribution is -2.41. The van der Waals surface area contributed by atoms with Crippen LogP contribution in [-0.2, 0) is 11.3 Å². The van der Waals surface area contributed by atoms with Gasteiger partial charge in [-0.05, 0) is 24.3 Å². The molecular weight excluding hydrogens is 296 g/mol. The number of guanidine groups is 1. The lowest BCUT2D eigenvalue weighted by atomic mass is 9.95. The minimum atomic E-state index is 0.133. The van der Waals surface area contributed by atoms with Crippen molar-refractivity contribution < 1.29 is 4.79 Å². The molecule has 0 bridgehead atoms. The zero-order valence-electron chi connectivity index (χ0n) is 13.2. The summed E-state index contributed by atoms with van der Waals surface area (Å²) >= 11 is 1.71. The molecule has 122 valence electrons. The van der Waals surface area contributed by atoms with E-state index in [4.69, 9.17) is 0 Å². The number of hydrogen-bond donors (Lipinski definition) is 3. The number of nitrogens with zero attached hydrogens (tertiary/aromatic N) is 1. The zero-order chi connectivity index (χ0) is 15.6. The second-order valence-corrected chi connectivity index (χ2v) is 6.62. The second kappa shape index (κ2) is 9.46. The minimum Gasteiger partial charge on any atom is -0.356 e. The van der Waals surface area contributed by atoms with Crippen LogP contribution in [0.3, 0.4) is 0 Å². The van der Waals surface area contributed by atoms with Crippen molar-refractivity contribution in [1.82, 2.24) is 16.0 Å². The standard InChI is InChI=1S/C16H26N4OS/c1-17-16(19-12-14-8-5-11-22-14)18-10-9-15(21)20-13-6-3-2-4-7-13/h5,8,11,13H,2-4,6-7,9-10,12H2,1H3,(H,20,21)(H2,17,18,19). The van der Waals surface area contributed by atoms with Crippen molar-refractivity contribution in [3.05, 3.63) is 22.4 Å². The third kappa shape index (κ3) is 6.05. The van der Waals surface area contributed by atoms with Crippen LogP contribution < -0.4 is 16.0 Å². The molecule has 5 nitrogen and oxygen atoms in total. The molecule has 1 aromatic heterocycles. The van der Waals surface area contributed by atoms with Crippen LogP contribution in [-0.4, -0.2) is 31.5 Å². The number of aliphatic imine (C=N–C) groups is 1. The summed E-state index contributed by atoms with van der Waals surface area (Å²) in [5.74, 6) is 0.868. The molecule has 0 atom stereocenters. The van der Waals surface area contributed by atoms with Crippen molar-refractivity contribution in [3.63, 3.8) is 0 Å². The maximum absolute atomic E-state index is 11.9. The summed E-state index contributed by atoms with van der Waals surface area (Å²) in [4.78, 5) is 17.3. The highest BCUT2D eigenvalue weighted by molar-refractivity contribution is 7.09. The summed E-state index contributed by atoms with van der Waals surface area (Å²) < 4.78 is 0. The highest BCUT2D eigenvalue weighted by Crippen LogP contribution is 2.17. The molecule has 0 saturated heterocycles. The highest BCUT2D eigenvalue weighted by Gasteiger charge is 2.15. The molecular formula is C16H26N4OS. The number of nitrogens with one attached hydrogen (secondary N) is 3. The Morgan fingerprint density at radius 2 is 2.14 bits per heavy atom. The van der Waals surface area contributed by atoms with Gasteiger partial charge < -0.3 is 16.0 Å². The number of carbonyl (C=O) groups excluding carboxylic acids is 1. The highest BCUT2D eigenvalue weighted by atomic mass is 32.1. The van der Waals surface area contributed by atoms with Gasteiger partial charge in [0.25, 0.3) is 0 Å². The maximum Gasteiger partial charge on any atom is 0.221 e. The number of carbonyl (C=O) groups is 1. The van der Waals surface area contributed by atoms with E-state index in [-0.39, 0.29) is 5.91 Å². The minimum absolute atomic E-state index is 0.133. The van der Waals surface area contributed by atoms with Gasteiger partial charge in [-0.25, -0.2) is 0 Å². The topological polar surface area (TPSA) is 65.5 Å². The SMILES string of the molecule is CN=C(NCCC(=O)NC1CCCCC1)NCc1cccs1. The summed E-state index contributed by atoms with van der Waals surface area (Å²) in [5, 5.41) is 11.6. The van der Waals surface area contributed by atoms with Crippen LogP contribution in [0.2, 0.25) is 0 Å². The summed E-state index contributed by atoms with van der Waals surface area (Å²) in [6, 6.07) is 4.51. The van der Waals surface area contributed by atoms with Gasteiger partial charge in [0.1, 0.15) is 0 Å². The first kappa shape index (κ1) is 16.8. The molecule has 1 fully saturated rings. The van der Waals surface area contributed by atoms with E-state index in [0.717, 1.165) is 25.3 Å². The summed E-state index contributed by atoms with van der Waals surface area (Å²) in [6.45, 7) is 1.36. The Hall–Kier alpha value is -1.56. The molecule has 0 aromatic carbocycles. The molecule has 0 unspecified atom stereocenters. The normalized spacial score (nSPS) is 16.3. The molecule has 0 radical (unpaired) electrons. The van der Waals surface area contributed by atoms with Crippen molar-refractivity contribution in [2.24, 2.45) is 4.99 Å². The van der Waals surface area contributed by atoms with Crippen molar-refractivity contribution in [3.8, 4) is 0 Å². The van der Waals surface area contributed by atoms with Gasteiger partial charge in [-0.2, -0.15) is 0 Å². The van der Waals surface area contributed by atoms with Crippen molar-refractivity contribution >= 4 is 23.2 Å². The predicted octanol–water partition coefficient (Wildman–Crippen LogP) is 2.25. The number of rotatable bonds is 6. The van der Waals surface area contributed by atoms with E-state index in [9.17, 15) is 4.79 Å². The fourth-order valence-electron chi connectivity index (χ4n) is 2.65. The Bertz CT molecular complexity index is 467. The van der Waals surface area contributed by atoms with Gasteiger partial charge in [-0.1, -0.05) is 25.3 Å². The van der Waals surface area contributed by atoms with E-state index in [1.165, 1.54) is 24.1 Å². The molecule has 1 aliphatic rings. The van der Waals surface area contributed by atoms with E-state index in [2.05, 4.69) is 32.4 Å². The number of hydrogen-bond acceptors (Lipinski definition) is 3. The Balaban J connectivity index is 1.60. The van der Waals surface area contributed by atoms with E-state index in [1.54, 1.807) is 18.4 Å². The van der Waals surface area contributed by atoms with E-state index < -0.39 is 0 Å². The van der Waals surface area contributed by atoms with Gasteiger partial charge in [0.15, 0.2) is 5.96 Å². The van der Waals surface area contributed by atoms with Gasteiger partial charge >= 0.3 is 0 Å². The third-order valence-corrected chi connectivity index (χ3v) is 4.72. The fourth-order valence-corrected chi connectivity index (χ4v) is 3.29. The van der Waals surface area contributed by atoms with Crippen LogP contribution >= 0.6 is 11.3 Å². The van der Waals surface area contributed by atoms with E-state index in [0.29, 0.717) is 19.0 Å². The molecule has 0 spiro atoms. The zero-order valence-corrected chi connectivity index (χ0v) is 14.0. The van der Waals surface area contributed by atoms with Crippen LogP contribution in [0.4, 0.5) is 0 Å². The molecule has 3 N–H and O–H groups in total. The third-order valence-electron chi connectivity index (χ3n) is 3.85. The molecule has 1 saturated carbocycles. The fraction of sp³-hybridized carbons (Fsp3) is 0.625. The van der Waals surface area contributed by atoms with Gasteiger partial charge in [-0.15, -0.1) is 11.3 Å². The van der Waals surface area contributed by atoms with Crippen LogP contribution in [0.25, 0.3) is 0 Å². The smallest absolute Gasteiger partial charge is 0.221 e. The van der Waals surface area contributed by atoms with E-state index in [1.807, 2.05) is 6.07 Å². The van der Waals surface area contributed by atoms with Gasteiger partial charge in [0.05, 0.1) is 6.54 Å². The summed E-state index contributed by atoms with van der Waals surface area (Å²) in [6.07, 6.45) is 6.52. The average molecular weight is 322 g/mol. The lowest BCUT2D eigenvalue weighted by molar-refractivity contribution is -0.121. The van der Waals surface area contributed by atoms with Crippen molar-refractivity contribution in [2.75, 3.05) is 13.6 Å². The number of thiophene rings is 1. The summed E-state index contributed by atoms with van der Waals surface area (Å²) in [5.41, 5.74) is 0. The first-order valence-electron chi connectivity index (χ1n) is 8.04. The van der Waals surface area contributed by atoms with Crippen LogP contribution in [0.5, 0.6) is 0 Å². The van der Waals surface area contributed by atoms with Crippen LogP contribution in [0, 0.1) is 0 Å². The number of amides is 1. The molecule has 2 rings (SSSR count). The first-order valence-corrected chi connectivity index (χ1v) is 8.92. The lowest BCUT2D eigenvalue weighted by Gasteiger charge is -2.22. The van der Waals surface area contributed by atoms with Gasteiger partial charge in [0, 0.05) is 30.9 Å². The molecule has 22 heavy (non-hydrogen) atoms. The molecule has 1 heterocycles. The molecule has 1 amide bonds. The van der Waals surface area contributed by atoms with Crippen molar-refractivity contribution in [1.29, 1.82) is 0 Å². The van der Waals surface area contributed by atoms with Gasteiger partial charge in [-0.3, -0.25) is 9.79 Å².